The van der Waals surface area contributed by atoms with E-state index in [1.54, 1.807) is 18.3 Å². The SMILES string of the molecule is O=C(N[C@H]1CCN(c2ccc(Cl)cc2Cl)C1)c1ccncn1. The van der Waals surface area contributed by atoms with Gasteiger partial charge >= 0.3 is 0 Å². The summed E-state index contributed by atoms with van der Waals surface area (Å²) in [6.07, 6.45) is 3.77. The molecule has 114 valence electrons. The maximum absolute atomic E-state index is 12.1. The van der Waals surface area contributed by atoms with Crippen molar-refractivity contribution >= 4 is 34.8 Å². The maximum atomic E-state index is 12.1. The van der Waals surface area contributed by atoms with E-state index in [1.807, 2.05) is 12.1 Å². The van der Waals surface area contributed by atoms with Crippen molar-refractivity contribution < 1.29 is 4.79 Å². The number of nitrogens with zero attached hydrogens (tertiary/aromatic N) is 3. The van der Waals surface area contributed by atoms with Crippen molar-refractivity contribution in [1.82, 2.24) is 15.3 Å². The average molecular weight is 337 g/mol. The molecular weight excluding hydrogens is 323 g/mol. The van der Waals surface area contributed by atoms with E-state index in [4.69, 9.17) is 23.2 Å². The molecule has 3 rings (SSSR count). The van der Waals surface area contributed by atoms with E-state index in [0.717, 1.165) is 18.7 Å². The van der Waals surface area contributed by atoms with Crippen molar-refractivity contribution in [3.8, 4) is 0 Å². The third kappa shape index (κ3) is 3.31. The molecule has 0 aliphatic carbocycles. The highest BCUT2D eigenvalue weighted by molar-refractivity contribution is 6.36. The minimum atomic E-state index is -0.184. The Morgan fingerprint density at radius 2 is 2.18 bits per heavy atom. The van der Waals surface area contributed by atoms with Crippen molar-refractivity contribution in [3.05, 3.63) is 52.5 Å². The molecule has 5 nitrogen and oxygen atoms in total. The van der Waals surface area contributed by atoms with Gasteiger partial charge in [0.1, 0.15) is 12.0 Å². The number of anilines is 1. The highest BCUT2D eigenvalue weighted by Gasteiger charge is 2.25. The lowest BCUT2D eigenvalue weighted by molar-refractivity contribution is 0.0935. The van der Waals surface area contributed by atoms with Crippen molar-refractivity contribution in [3.63, 3.8) is 0 Å². The summed E-state index contributed by atoms with van der Waals surface area (Å²) in [7, 11) is 0. The van der Waals surface area contributed by atoms with Crippen molar-refractivity contribution in [2.24, 2.45) is 0 Å². The molecule has 7 heteroatoms. The third-order valence-corrected chi connectivity index (χ3v) is 4.13. The number of benzene rings is 1. The molecule has 1 aliphatic heterocycles. The third-order valence-electron chi connectivity index (χ3n) is 3.59. The lowest BCUT2D eigenvalue weighted by atomic mass is 10.2. The topological polar surface area (TPSA) is 58.1 Å². The van der Waals surface area contributed by atoms with Crippen LogP contribution in [0.5, 0.6) is 0 Å². The van der Waals surface area contributed by atoms with Crippen LogP contribution in [-0.2, 0) is 0 Å². The van der Waals surface area contributed by atoms with Crippen LogP contribution in [0.25, 0.3) is 0 Å². The zero-order chi connectivity index (χ0) is 15.5. The van der Waals surface area contributed by atoms with E-state index in [-0.39, 0.29) is 11.9 Å². The van der Waals surface area contributed by atoms with E-state index in [0.29, 0.717) is 22.3 Å². The molecule has 22 heavy (non-hydrogen) atoms. The lowest BCUT2D eigenvalue weighted by Crippen LogP contribution is -2.37. The average Bonchev–Trinajstić information content (AvgIpc) is 2.96. The summed E-state index contributed by atoms with van der Waals surface area (Å²) in [5, 5.41) is 4.22. The summed E-state index contributed by atoms with van der Waals surface area (Å²) in [6.45, 7) is 1.54. The number of aromatic nitrogens is 2. The first-order valence-electron chi connectivity index (χ1n) is 6.90. The molecule has 0 saturated carbocycles. The van der Waals surface area contributed by atoms with E-state index < -0.39 is 0 Å². The zero-order valence-electron chi connectivity index (χ0n) is 11.7. The Kier molecular flexibility index (Phi) is 4.45. The molecule has 1 aliphatic rings. The van der Waals surface area contributed by atoms with Crippen LogP contribution in [0, 0.1) is 0 Å². The van der Waals surface area contributed by atoms with Gasteiger partial charge in [-0.1, -0.05) is 23.2 Å². The molecule has 1 atom stereocenters. The molecule has 1 fully saturated rings. The second-order valence-corrected chi connectivity index (χ2v) is 5.94. The molecule has 0 spiro atoms. The second-order valence-electron chi connectivity index (χ2n) is 5.10. The quantitative estimate of drug-likeness (QED) is 0.936. The fraction of sp³-hybridized carbons (Fsp3) is 0.267. The first kappa shape index (κ1) is 15.1. The molecule has 0 unspecified atom stereocenters. The van der Waals surface area contributed by atoms with Crippen LogP contribution in [0.1, 0.15) is 16.9 Å². The van der Waals surface area contributed by atoms with E-state index in [2.05, 4.69) is 20.2 Å². The molecule has 2 heterocycles. The fourth-order valence-corrected chi connectivity index (χ4v) is 3.05. The van der Waals surface area contributed by atoms with Crippen LogP contribution in [0.15, 0.2) is 36.8 Å². The number of hydrogen-bond donors (Lipinski definition) is 1. The normalized spacial score (nSPS) is 17.5. The standard InChI is InChI=1S/C15H14Cl2N4O/c16-10-1-2-14(12(17)7-10)21-6-4-11(8-21)20-15(22)13-3-5-18-9-19-13/h1-3,5,7,9,11H,4,6,8H2,(H,20,22)/t11-/m0/s1. The Hall–Kier alpha value is -1.85. The number of carbonyl (C=O) groups excluding carboxylic acids is 1. The number of amides is 1. The number of rotatable bonds is 3. The minimum Gasteiger partial charge on any atom is -0.368 e. The molecule has 1 amide bonds. The molecule has 2 aromatic rings. The van der Waals surface area contributed by atoms with Gasteiger partial charge in [-0.15, -0.1) is 0 Å². The predicted molar refractivity (Wildman–Crippen MR) is 86.6 cm³/mol. The van der Waals surface area contributed by atoms with Crippen LogP contribution in [0.2, 0.25) is 10.0 Å². The van der Waals surface area contributed by atoms with E-state index >= 15 is 0 Å². The Balaban J connectivity index is 1.64. The van der Waals surface area contributed by atoms with Gasteiger partial charge in [-0.25, -0.2) is 9.97 Å². The first-order valence-corrected chi connectivity index (χ1v) is 7.66. The predicted octanol–water partition coefficient (Wildman–Crippen LogP) is 2.79. The molecule has 1 aromatic carbocycles. The van der Waals surface area contributed by atoms with Gasteiger partial charge in [0.15, 0.2) is 0 Å². The van der Waals surface area contributed by atoms with Crippen molar-refractivity contribution in [2.75, 3.05) is 18.0 Å². The van der Waals surface area contributed by atoms with E-state index in [9.17, 15) is 4.79 Å². The van der Waals surface area contributed by atoms with Crippen LogP contribution in [-0.4, -0.2) is 35.0 Å². The monoisotopic (exact) mass is 336 g/mol. The summed E-state index contributed by atoms with van der Waals surface area (Å²) in [5.41, 5.74) is 1.31. The number of halogens is 2. The minimum absolute atomic E-state index is 0.0641. The summed E-state index contributed by atoms with van der Waals surface area (Å²) < 4.78 is 0. The van der Waals surface area contributed by atoms with Gasteiger partial charge in [0.2, 0.25) is 0 Å². The maximum Gasteiger partial charge on any atom is 0.270 e. The summed E-state index contributed by atoms with van der Waals surface area (Å²) >= 11 is 12.1. The Bertz CT molecular complexity index is 680. The van der Waals surface area contributed by atoms with Gasteiger partial charge in [0.05, 0.1) is 10.7 Å². The molecule has 1 aromatic heterocycles. The number of nitrogens with one attached hydrogen (secondary N) is 1. The van der Waals surface area contributed by atoms with Gasteiger partial charge in [0.25, 0.3) is 5.91 Å². The van der Waals surface area contributed by atoms with Crippen LogP contribution in [0.3, 0.4) is 0 Å². The van der Waals surface area contributed by atoms with Crippen LogP contribution < -0.4 is 10.2 Å². The lowest BCUT2D eigenvalue weighted by Gasteiger charge is -2.20. The van der Waals surface area contributed by atoms with Gasteiger partial charge in [-0.2, -0.15) is 0 Å². The van der Waals surface area contributed by atoms with Gasteiger partial charge in [-0.05, 0) is 30.7 Å². The van der Waals surface area contributed by atoms with E-state index in [1.165, 1.54) is 6.33 Å². The van der Waals surface area contributed by atoms with Crippen LogP contribution in [0.4, 0.5) is 5.69 Å². The molecular formula is C15H14Cl2N4O. The largest absolute Gasteiger partial charge is 0.368 e. The Morgan fingerprint density at radius 1 is 1.32 bits per heavy atom. The van der Waals surface area contributed by atoms with Gasteiger partial charge in [-0.3, -0.25) is 4.79 Å². The Labute approximate surface area is 138 Å². The van der Waals surface area contributed by atoms with Gasteiger partial charge < -0.3 is 10.2 Å². The highest BCUT2D eigenvalue weighted by atomic mass is 35.5. The Morgan fingerprint density at radius 3 is 2.91 bits per heavy atom. The van der Waals surface area contributed by atoms with Crippen molar-refractivity contribution in [2.45, 2.75) is 12.5 Å². The number of hydrogen-bond acceptors (Lipinski definition) is 4. The smallest absolute Gasteiger partial charge is 0.270 e. The summed E-state index contributed by atoms with van der Waals surface area (Å²) in [6, 6.07) is 7.10. The molecule has 1 saturated heterocycles. The summed E-state index contributed by atoms with van der Waals surface area (Å²) in [5.74, 6) is -0.184. The zero-order valence-corrected chi connectivity index (χ0v) is 13.2. The molecule has 1 N–H and O–H groups in total. The highest BCUT2D eigenvalue weighted by Crippen LogP contribution is 2.31. The van der Waals surface area contributed by atoms with Crippen LogP contribution >= 0.6 is 23.2 Å². The molecule has 0 radical (unpaired) electrons. The van der Waals surface area contributed by atoms with Gasteiger partial charge in [0, 0.05) is 30.4 Å². The molecule has 0 bridgehead atoms. The first-order chi connectivity index (χ1) is 10.6. The fourth-order valence-electron chi connectivity index (χ4n) is 2.52. The summed E-state index contributed by atoms with van der Waals surface area (Å²) in [4.78, 5) is 22.0. The second kappa shape index (κ2) is 6.50. The number of carbonyl (C=O) groups is 1. The van der Waals surface area contributed by atoms with Crippen molar-refractivity contribution in [1.29, 1.82) is 0 Å².